The minimum atomic E-state index is -0.597. The first kappa shape index (κ1) is 28.6. The number of alkyl carbamates (subject to hydrolysis) is 2. The van der Waals surface area contributed by atoms with E-state index in [0.29, 0.717) is 12.8 Å². The van der Waals surface area contributed by atoms with Gasteiger partial charge in [-0.15, -0.1) is 11.8 Å². The third-order valence-electron chi connectivity index (χ3n) is 4.76. The molecule has 2 aromatic rings. The van der Waals surface area contributed by atoms with Gasteiger partial charge in [-0.1, -0.05) is 60.7 Å². The number of aryl methyl sites for hydroxylation is 2. The second-order valence-electron chi connectivity index (χ2n) is 10.5. The standard InChI is InChI=1S/C28H40N2O4S/c1-27(2,3)33-25(31)29-23(19-17-21-13-9-7-10-14-21)35-24(30-26(32)34-28(4,5)6)20-18-22-15-11-8-12-16-22/h7-16,23-24H,17-20H2,1-6H3,(H,29,31)(H,30,32). The van der Waals surface area contributed by atoms with Crippen molar-refractivity contribution in [3.05, 3.63) is 71.8 Å². The van der Waals surface area contributed by atoms with Gasteiger partial charge < -0.3 is 20.1 Å². The Kier molecular flexibility index (Phi) is 11.0. The molecule has 2 aromatic carbocycles. The number of nitrogens with one attached hydrogen (secondary N) is 2. The molecule has 0 aliphatic carbocycles. The van der Waals surface area contributed by atoms with Crippen molar-refractivity contribution in [2.75, 3.05) is 0 Å². The van der Waals surface area contributed by atoms with Crippen LogP contribution in [0.4, 0.5) is 9.59 Å². The Morgan fingerprint density at radius 3 is 1.34 bits per heavy atom. The van der Waals surface area contributed by atoms with Crippen LogP contribution in [0.25, 0.3) is 0 Å². The summed E-state index contributed by atoms with van der Waals surface area (Å²) in [6, 6.07) is 20.3. The summed E-state index contributed by atoms with van der Waals surface area (Å²) in [5.41, 5.74) is 1.18. The van der Waals surface area contributed by atoms with E-state index in [1.165, 1.54) is 22.9 Å². The van der Waals surface area contributed by atoms with Gasteiger partial charge in [-0.2, -0.15) is 0 Å². The maximum Gasteiger partial charge on any atom is 0.408 e. The highest BCUT2D eigenvalue weighted by Gasteiger charge is 2.25. The first-order valence-corrected chi connectivity index (χ1v) is 13.1. The lowest BCUT2D eigenvalue weighted by Gasteiger charge is -2.28. The summed E-state index contributed by atoms with van der Waals surface area (Å²) >= 11 is 1.51. The van der Waals surface area contributed by atoms with Crippen LogP contribution < -0.4 is 10.6 Å². The summed E-state index contributed by atoms with van der Waals surface area (Å²) in [6.45, 7) is 11.0. The molecule has 6 nitrogen and oxygen atoms in total. The number of benzene rings is 2. The van der Waals surface area contributed by atoms with Crippen molar-refractivity contribution >= 4 is 23.9 Å². The van der Waals surface area contributed by atoms with Crippen LogP contribution in [0.3, 0.4) is 0 Å². The van der Waals surface area contributed by atoms with E-state index in [2.05, 4.69) is 34.9 Å². The van der Waals surface area contributed by atoms with Gasteiger partial charge in [-0.25, -0.2) is 9.59 Å². The predicted molar refractivity (Wildman–Crippen MR) is 143 cm³/mol. The molecule has 192 valence electrons. The zero-order valence-corrected chi connectivity index (χ0v) is 22.6. The van der Waals surface area contributed by atoms with E-state index in [9.17, 15) is 9.59 Å². The van der Waals surface area contributed by atoms with Gasteiger partial charge in [0.15, 0.2) is 0 Å². The summed E-state index contributed by atoms with van der Waals surface area (Å²) in [5.74, 6) is 0. The monoisotopic (exact) mass is 500 g/mol. The maximum atomic E-state index is 12.6. The van der Waals surface area contributed by atoms with Gasteiger partial charge in [0, 0.05) is 0 Å². The zero-order valence-electron chi connectivity index (χ0n) is 21.8. The highest BCUT2D eigenvalue weighted by molar-refractivity contribution is 8.00. The Hall–Kier alpha value is -2.67. The highest BCUT2D eigenvalue weighted by Crippen LogP contribution is 2.24. The third-order valence-corrected chi connectivity index (χ3v) is 6.12. The third kappa shape index (κ3) is 13.1. The van der Waals surface area contributed by atoms with Crippen LogP contribution in [0.1, 0.15) is 65.5 Å². The van der Waals surface area contributed by atoms with E-state index in [1.807, 2.05) is 77.9 Å². The van der Waals surface area contributed by atoms with Gasteiger partial charge in [0.25, 0.3) is 0 Å². The molecule has 0 aliphatic rings. The second kappa shape index (κ2) is 13.4. The first-order valence-electron chi connectivity index (χ1n) is 12.1. The minimum absolute atomic E-state index is 0.263. The van der Waals surface area contributed by atoms with Crippen molar-refractivity contribution in [2.24, 2.45) is 0 Å². The maximum absolute atomic E-state index is 12.6. The van der Waals surface area contributed by atoms with Crippen molar-refractivity contribution in [3.8, 4) is 0 Å². The van der Waals surface area contributed by atoms with E-state index in [0.717, 1.165) is 12.8 Å². The molecule has 2 unspecified atom stereocenters. The van der Waals surface area contributed by atoms with E-state index >= 15 is 0 Å². The number of rotatable bonds is 10. The Balaban J connectivity index is 2.14. The van der Waals surface area contributed by atoms with Crippen molar-refractivity contribution < 1.29 is 19.1 Å². The molecule has 0 saturated carbocycles. The molecule has 0 aromatic heterocycles. The van der Waals surface area contributed by atoms with Crippen molar-refractivity contribution in [3.63, 3.8) is 0 Å². The Bertz CT molecular complexity index is 833. The quantitative estimate of drug-likeness (QED) is 0.356. The summed E-state index contributed by atoms with van der Waals surface area (Å²) in [5, 5.41) is 5.48. The lowest BCUT2D eigenvalue weighted by atomic mass is 10.1. The van der Waals surface area contributed by atoms with Crippen LogP contribution in [0, 0.1) is 0 Å². The molecule has 0 fully saturated rings. The molecule has 0 aliphatic heterocycles. The van der Waals surface area contributed by atoms with E-state index < -0.39 is 23.4 Å². The molecule has 7 heteroatoms. The number of carbonyl (C=O) groups excluding carboxylic acids is 2. The van der Waals surface area contributed by atoms with Crippen LogP contribution in [0.15, 0.2) is 60.7 Å². The molecule has 35 heavy (non-hydrogen) atoms. The van der Waals surface area contributed by atoms with Crippen LogP contribution in [-0.4, -0.2) is 34.1 Å². The summed E-state index contributed by atoms with van der Waals surface area (Å²) in [4.78, 5) is 25.2. The SMILES string of the molecule is CC(C)(C)OC(=O)NC(CCc1ccccc1)SC(CCc1ccccc1)NC(=O)OC(C)(C)C. The van der Waals surface area contributed by atoms with Gasteiger partial charge in [0.05, 0.1) is 10.7 Å². The van der Waals surface area contributed by atoms with Crippen molar-refractivity contribution in [1.29, 1.82) is 0 Å². The molecule has 0 saturated heterocycles. The Morgan fingerprint density at radius 2 is 1.03 bits per heavy atom. The van der Waals surface area contributed by atoms with Crippen molar-refractivity contribution in [1.82, 2.24) is 10.6 Å². The number of amides is 2. The number of ether oxygens (including phenoxy) is 2. The fourth-order valence-electron chi connectivity index (χ4n) is 3.31. The molecular weight excluding hydrogens is 460 g/mol. The Morgan fingerprint density at radius 1 is 0.686 bits per heavy atom. The van der Waals surface area contributed by atoms with Gasteiger partial charge in [0.2, 0.25) is 0 Å². The minimum Gasteiger partial charge on any atom is -0.444 e. The number of hydrogen-bond donors (Lipinski definition) is 2. The van der Waals surface area contributed by atoms with Gasteiger partial charge in [0.1, 0.15) is 11.2 Å². The van der Waals surface area contributed by atoms with Crippen molar-refractivity contribution in [2.45, 2.75) is 89.2 Å². The van der Waals surface area contributed by atoms with E-state index in [4.69, 9.17) is 9.47 Å². The normalized spacial score (nSPS) is 13.4. The van der Waals surface area contributed by atoms with Crippen LogP contribution in [0.2, 0.25) is 0 Å². The van der Waals surface area contributed by atoms with Crippen LogP contribution >= 0.6 is 11.8 Å². The van der Waals surface area contributed by atoms with E-state index in [-0.39, 0.29) is 10.7 Å². The largest absolute Gasteiger partial charge is 0.444 e. The fraction of sp³-hybridized carbons (Fsp3) is 0.500. The predicted octanol–water partition coefficient (Wildman–Crippen LogP) is 6.69. The van der Waals surface area contributed by atoms with Gasteiger partial charge in [-0.05, 0) is 78.4 Å². The highest BCUT2D eigenvalue weighted by atomic mass is 32.2. The number of carbonyl (C=O) groups is 2. The lowest BCUT2D eigenvalue weighted by Crippen LogP contribution is -2.42. The lowest BCUT2D eigenvalue weighted by molar-refractivity contribution is 0.0515. The summed E-state index contributed by atoms with van der Waals surface area (Å²) < 4.78 is 11.0. The van der Waals surface area contributed by atoms with Crippen LogP contribution in [-0.2, 0) is 22.3 Å². The van der Waals surface area contributed by atoms with Gasteiger partial charge >= 0.3 is 12.2 Å². The number of thioether (sulfide) groups is 1. The molecule has 0 bridgehead atoms. The zero-order chi connectivity index (χ0) is 25.9. The van der Waals surface area contributed by atoms with Crippen LogP contribution in [0.5, 0.6) is 0 Å². The molecule has 0 radical (unpaired) electrons. The fourth-order valence-corrected chi connectivity index (χ4v) is 4.54. The average molecular weight is 501 g/mol. The molecule has 2 atom stereocenters. The van der Waals surface area contributed by atoms with Gasteiger partial charge in [-0.3, -0.25) is 0 Å². The summed E-state index contributed by atoms with van der Waals surface area (Å²) in [7, 11) is 0. The molecular formula is C28H40N2O4S. The Labute approximate surface area is 214 Å². The second-order valence-corrected chi connectivity index (χ2v) is 11.9. The molecule has 2 N–H and O–H groups in total. The molecule has 0 spiro atoms. The smallest absolute Gasteiger partial charge is 0.408 e. The number of hydrogen-bond acceptors (Lipinski definition) is 5. The molecule has 0 heterocycles. The molecule has 2 rings (SSSR count). The first-order chi connectivity index (χ1) is 16.4. The molecule has 2 amide bonds. The van der Waals surface area contributed by atoms with E-state index in [1.54, 1.807) is 0 Å². The topological polar surface area (TPSA) is 76.7 Å². The summed E-state index contributed by atoms with van der Waals surface area (Å²) in [6.07, 6.45) is 2.00. The average Bonchev–Trinajstić information content (AvgIpc) is 2.74.